The molecule has 14 aromatic heterocycles. The first-order valence-electron chi connectivity index (χ1n) is 43.7. The SMILES string of the molecule is CO[C@@H]1CCN(C(=O)c2cc3nccc(Oc4ccc5c(C(=O)N(C)C)c(C)n(C)c5c4)c3s2)C1.Cc1c(C(=O)N(C)C)c2ccc(Oc3ccnc4cc(-c5nccn5C)sc34)cc2n1C.Cc1c(C(=O)N(C)C)c2ccc(Oc3ccnc4cc(C(=O)N5CC[C@@H](O)C5)sc34)cc2n1C.Cc1c(C(=O)NC2CC2)c2ccc(Oc3ccnc4cc(-c5nccn5C)sc34)cc2n1C. The highest BCUT2D eigenvalue weighted by molar-refractivity contribution is 7.23. The first kappa shape index (κ1) is 90.4. The molecule has 2 saturated heterocycles. The molecule has 16 heterocycles. The van der Waals surface area contributed by atoms with Crippen LogP contribution in [0, 0.1) is 27.7 Å². The monoisotopic (exact) mass is 1870 g/mol. The largest absolute Gasteiger partial charge is 0.456 e. The quantitative estimate of drug-likeness (QED) is 0.0806. The predicted molar refractivity (Wildman–Crippen MR) is 526 cm³/mol. The Morgan fingerprint density at radius 1 is 0.396 bits per heavy atom. The lowest BCUT2D eigenvalue weighted by atomic mass is 10.1. The average molecular weight is 1870 g/mol. The molecule has 0 bridgehead atoms. The summed E-state index contributed by atoms with van der Waals surface area (Å²) in [7, 11) is 24.0. The number of ether oxygens (including phenoxy) is 5. The number of methoxy groups -OCH3 is 1. The van der Waals surface area contributed by atoms with Gasteiger partial charge in [-0.25, -0.2) is 9.97 Å². The highest BCUT2D eigenvalue weighted by Gasteiger charge is 2.33. The number of benzene rings is 4. The molecule has 6 amide bonds. The van der Waals surface area contributed by atoms with Crippen LogP contribution >= 0.6 is 45.3 Å². The first-order valence-corrected chi connectivity index (χ1v) is 47.0. The van der Waals surface area contributed by atoms with Gasteiger partial charge in [-0.15, -0.1) is 45.3 Å². The molecular weight excluding hydrogens is 1770 g/mol. The van der Waals surface area contributed by atoms with Crippen LogP contribution in [-0.4, -0.2) is 216 Å². The van der Waals surface area contributed by atoms with Gasteiger partial charge in [0.15, 0.2) is 0 Å². The molecule has 4 aromatic carbocycles. The van der Waals surface area contributed by atoms with E-state index in [1.807, 2.05) is 219 Å². The van der Waals surface area contributed by atoms with Crippen molar-refractivity contribution in [2.45, 2.75) is 71.6 Å². The van der Waals surface area contributed by atoms with Crippen molar-refractivity contribution in [3.8, 4) is 67.4 Å². The molecule has 0 radical (unpaired) electrons. The van der Waals surface area contributed by atoms with Crippen LogP contribution in [0.4, 0.5) is 0 Å². The summed E-state index contributed by atoms with van der Waals surface area (Å²) in [6.07, 6.45) is 17.5. The highest BCUT2D eigenvalue weighted by Crippen LogP contribution is 2.45. The van der Waals surface area contributed by atoms with Gasteiger partial charge in [0.05, 0.1) is 117 Å². The number of pyridine rings is 4. The van der Waals surface area contributed by atoms with Crippen molar-refractivity contribution in [3.63, 3.8) is 0 Å². The number of thiophene rings is 4. The number of rotatable bonds is 18. The van der Waals surface area contributed by atoms with E-state index in [0.717, 1.165) is 171 Å². The summed E-state index contributed by atoms with van der Waals surface area (Å²) >= 11 is 5.96. The Hall–Kier alpha value is -14.2. The average Bonchev–Trinajstić information content (AvgIpc) is 1.62. The molecule has 30 nitrogen and oxygen atoms in total. The van der Waals surface area contributed by atoms with Crippen LogP contribution in [0.25, 0.3) is 106 Å². The predicted octanol–water partition coefficient (Wildman–Crippen LogP) is 18.4. The molecule has 3 aliphatic rings. The first-order chi connectivity index (χ1) is 64.4. The number of fused-ring (bicyclic) bond motifs is 8. The van der Waals surface area contributed by atoms with Crippen LogP contribution in [-0.2, 0) is 47.0 Å². The summed E-state index contributed by atoms with van der Waals surface area (Å²) in [5.74, 6) is 7.12. The molecule has 2 atom stereocenters. The molecule has 2 N–H and O–H groups in total. The molecule has 0 unspecified atom stereocenters. The minimum absolute atomic E-state index is 0.00184. The van der Waals surface area contributed by atoms with Crippen LogP contribution in [0.15, 0.2) is 171 Å². The number of aromatic nitrogens is 12. The third-order valence-electron chi connectivity index (χ3n) is 25.0. The van der Waals surface area contributed by atoms with Crippen molar-refractivity contribution < 1.29 is 57.6 Å². The standard InChI is InChI=1S/C26H28N4O4S.C25H23N5O2S.C25H26N4O4S.C24H23N5O2S/c1-15-23(26(32)28(2)3)18-7-6-16(12-20(18)29(15)4)34-21-8-10-27-19-13-22(35-24(19)21)25(31)30-11-9-17(14-30)33-5;1-14-22(25(31)28-15-4-5-15)17-7-6-16(12-19(17)30(14)3)32-20-8-9-26-18-13-21(33-23(18)20)24-27-10-11-29(24)2;1-14-22(25(32)27(2)3)17-6-5-16(11-19(17)28(14)4)33-20-7-9-26-18-12-21(34-23(18)20)24(31)29-10-8-15(30)13-29;1-14-21(24(30)27(2)3)16-7-6-15(12-18(16)29(14)5)31-19-8-9-25-17-13-20(32-22(17)19)23-26-10-11-28(23)4/h6-8,10,12-13,17H,9,11,14H2,1-5H3;6-13,15H,4-5H2,1-3H3,(H,28,31);5-7,9,11-12,15,30H,8,10,13H2,1-4H3;6-13H,1-5H3/t17-;;15-;/m1.1./s1. The number of β-amino-alcohol motifs (C(OH)–C–C–N with tert-alkyl or cyclic N) is 1. The Labute approximate surface area is 787 Å². The summed E-state index contributed by atoms with van der Waals surface area (Å²) in [6, 6.07) is 38.6. The van der Waals surface area contributed by atoms with Gasteiger partial charge in [-0.1, -0.05) is 0 Å². The minimum Gasteiger partial charge on any atom is -0.456 e. The number of likely N-dealkylation sites (tertiary alicyclic amines) is 2. The molecule has 2 aliphatic heterocycles. The molecule has 34 heteroatoms. The van der Waals surface area contributed by atoms with Gasteiger partial charge < -0.3 is 86.0 Å². The van der Waals surface area contributed by atoms with Crippen molar-refractivity contribution in [1.82, 2.24) is 87.1 Å². The smallest absolute Gasteiger partial charge is 0.264 e. The summed E-state index contributed by atoms with van der Waals surface area (Å²) in [4.78, 5) is 115. The number of aliphatic hydroxyl groups excluding tert-OH is 1. The number of nitrogens with one attached hydrogen (secondary N) is 1. The lowest BCUT2D eigenvalue weighted by Gasteiger charge is -2.14. The van der Waals surface area contributed by atoms with Gasteiger partial charge >= 0.3 is 0 Å². The fraction of sp³-hybridized carbons (Fsp3) is 0.280. The molecular formula is C100H100N18O12S4. The number of carbonyl (C=O) groups excluding carboxylic acids is 6. The van der Waals surface area contributed by atoms with E-state index in [4.69, 9.17) is 23.7 Å². The van der Waals surface area contributed by atoms with Crippen LogP contribution < -0.4 is 24.3 Å². The van der Waals surface area contributed by atoms with E-state index >= 15 is 0 Å². The second-order valence-corrected chi connectivity index (χ2v) is 38.6. The summed E-state index contributed by atoms with van der Waals surface area (Å²) in [5.41, 5.74) is 13.5. The normalized spacial score (nSPS) is 14.3. The Kier molecular flexibility index (Phi) is 24.8. The zero-order chi connectivity index (χ0) is 94.3. The molecule has 1 aliphatic carbocycles. The molecule has 21 rings (SSSR count). The van der Waals surface area contributed by atoms with Crippen LogP contribution in [0.3, 0.4) is 0 Å². The van der Waals surface area contributed by atoms with E-state index in [2.05, 4.69) is 39.8 Å². The molecule has 1 saturated carbocycles. The molecule has 18 aromatic rings. The molecule has 134 heavy (non-hydrogen) atoms. The van der Waals surface area contributed by atoms with Crippen molar-refractivity contribution >= 4 is 165 Å². The van der Waals surface area contributed by atoms with Crippen LogP contribution in [0.2, 0.25) is 0 Å². The highest BCUT2D eigenvalue weighted by atomic mass is 32.1. The lowest BCUT2D eigenvalue weighted by molar-refractivity contribution is 0.0727. The topological polar surface area (TPSA) is 304 Å². The molecule has 0 spiro atoms. The zero-order valence-electron chi connectivity index (χ0n) is 77.2. The van der Waals surface area contributed by atoms with Gasteiger partial charge in [0.1, 0.15) is 57.6 Å². The van der Waals surface area contributed by atoms with Crippen molar-refractivity contribution in [2.75, 3.05) is 75.6 Å². The second kappa shape index (κ2) is 36.8. The number of amides is 6. The molecule has 686 valence electrons. The maximum atomic E-state index is 13.0. The maximum Gasteiger partial charge on any atom is 0.264 e. The number of carbonyl (C=O) groups is 6. The number of imidazole rings is 2. The Balaban J connectivity index is 0.000000119. The van der Waals surface area contributed by atoms with Gasteiger partial charge in [0.25, 0.3) is 35.4 Å². The van der Waals surface area contributed by atoms with Gasteiger partial charge in [0.2, 0.25) is 0 Å². The Bertz CT molecular complexity index is 7720. The maximum absolute atomic E-state index is 13.0. The van der Waals surface area contributed by atoms with Crippen molar-refractivity contribution in [3.05, 3.63) is 226 Å². The van der Waals surface area contributed by atoms with Crippen molar-refractivity contribution in [2.24, 2.45) is 42.3 Å². The number of aliphatic hydroxyl groups is 1. The van der Waals surface area contributed by atoms with Crippen LogP contribution in [0.5, 0.6) is 46.0 Å². The fourth-order valence-corrected chi connectivity index (χ4v) is 21.4. The van der Waals surface area contributed by atoms with Crippen LogP contribution in [0.1, 0.15) is 109 Å². The number of hydrogen-bond donors (Lipinski definition) is 2. The summed E-state index contributed by atoms with van der Waals surface area (Å²) in [6.45, 7) is 10.0. The van der Waals surface area contributed by atoms with E-state index in [1.54, 1.807) is 141 Å². The van der Waals surface area contributed by atoms with Gasteiger partial charge in [0, 0.05) is 266 Å². The Morgan fingerprint density at radius 2 is 0.724 bits per heavy atom. The van der Waals surface area contributed by atoms with E-state index in [1.165, 1.54) is 22.7 Å². The molecule has 3 fully saturated rings. The van der Waals surface area contributed by atoms with Crippen molar-refractivity contribution in [1.29, 1.82) is 0 Å². The number of hydrogen-bond acceptors (Lipinski definition) is 22. The third kappa shape index (κ3) is 17.3. The summed E-state index contributed by atoms with van der Waals surface area (Å²) < 4.78 is 46.2. The lowest BCUT2D eigenvalue weighted by Crippen LogP contribution is -2.29. The Morgan fingerprint density at radius 3 is 1.04 bits per heavy atom. The number of nitrogens with zero attached hydrogens (tertiary/aromatic N) is 17. The van der Waals surface area contributed by atoms with Gasteiger partial charge in [-0.05, 0) is 126 Å². The van der Waals surface area contributed by atoms with Gasteiger partial charge in [-0.3, -0.25) is 48.7 Å². The summed E-state index contributed by atoms with van der Waals surface area (Å²) in [5, 5.41) is 16.5. The third-order valence-corrected chi connectivity index (χ3v) is 29.5. The fourth-order valence-electron chi connectivity index (χ4n) is 17.1. The zero-order valence-corrected chi connectivity index (χ0v) is 80.5. The van der Waals surface area contributed by atoms with E-state index < -0.39 is 6.10 Å². The van der Waals surface area contributed by atoms with E-state index in [9.17, 15) is 33.9 Å². The minimum atomic E-state index is -0.458. The number of aryl methyl sites for hydroxylation is 6. The van der Waals surface area contributed by atoms with Gasteiger partial charge in [-0.2, -0.15) is 0 Å². The van der Waals surface area contributed by atoms with E-state index in [-0.39, 0.29) is 41.5 Å². The van der Waals surface area contributed by atoms with E-state index in [0.29, 0.717) is 93.8 Å². The second-order valence-electron chi connectivity index (χ2n) is 34.4.